The predicted octanol–water partition coefficient (Wildman–Crippen LogP) is 1.85. The molecule has 1 aromatic heterocycles. The molecule has 3 rings (SSSR count). The molecule has 0 amide bonds. The van der Waals surface area contributed by atoms with E-state index in [0.29, 0.717) is 24.5 Å². The van der Waals surface area contributed by atoms with Crippen LogP contribution in [0.3, 0.4) is 0 Å². The number of Topliss-reactive ketones (excluding diaryl/α,β-unsaturated/α-hetero) is 1. The van der Waals surface area contributed by atoms with Crippen LogP contribution in [0, 0.1) is 0 Å². The van der Waals surface area contributed by atoms with E-state index in [1.54, 1.807) is 30.1 Å². The Morgan fingerprint density at radius 3 is 3.14 bits per heavy atom. The van der Waals surface area contributed by atoms with Crippen LogP contribution in [0.5, 0.6) is 11.5 Å². The van der Waals surface area contributed by atoms with E-state index < -0.39 is 0 Å². The lowest BCUT2D eigenvalue weighted by Gasteiger charge is -1.98. The molecule has 1 N–H and O–H groups in total. The Bertz CT molecular complexity index is 718. The molecule has 0 bridgehead atoms. The lowest BCUT2D eigenvalue weighted by atomic mass is 10.1. The Morgan fingerprint density at radius 1 is 1.48 bits per heavy atom. The highest BCUT2D eigenvalue weighted by Crippen LogP contribution is 2.34. The minimum atomic E-state index is -0.199. The van der Waals surface area contributed by atoms with Crippen molar-refractivity contribution in [3.63, 3.8) is 0 Å². The Morgan fingerprint density at radius 2 is 2.33 bits per heavy atom. The highest BCUT2D eigenvalue weighted by Gasteiger charge is 2.27. The molecular formula is C15H14N2O4. The Labute approximate surface area is 121 Å². The number of ether oxygens (including phenoxy) is 2. The smallest absolute Gasteiger partial charge is 0.231 e. The van der Waals surface area contributed by atoms with E-state index in [9.17, 15) is 9.90 Å². The third-order valence-electron chi connectivity index (χ3n) is 3.13. The largest absolute Gasteiger partial charge is 0.508 e. The molecule has 6 nitrogen and oxygen atoms in total. The fraction of sp³-hybridized carbons (Fsp3) is 0.200. The zero-order valence-corrected chi connectivity index (χ0v) is 11.4. The van der Waals surface area contributed by atoms with Crippen LogP contribution in [0.15, 0.2) is 36.4 Å². The van der Waals surface area contributed by atoms with Crippen LogP contribution in [0.1, 0.15) is 15.9 Å². The second-order valence-corrected chi connectivity index (χ2v) is 4.65. The van der Waals surface area contributed by atoms with Crippen LogP contribution in [0.4, 0.5) is 0 Å². The summed E-state index contributed by atoms with van der Waals surface area (Å²) in [6, 6.07) is 4.44. The van der Waals surface area contributed by atoms with Crippen molar-refractivity contribution in [3.8, 4) is 11.5 Å². The minimum absolute atomic E-state index is 0.0650. The second-order valence-electron chi connectivity index (χ2n) is 4.65. The van der Waals surface area contributed by atoms with Gasteiger partial charge in [-0.05, 0) is 18.2 Å². The van der Waals surface area contributed by atoms with Crippen LogP contribution in [-0.2, 0) is 11.3 Å². The first-order valence-electron chi connectivity index (χ1n) is 6.46. The number of allylic oxidation sites excluding steroid dienone is 1. The number of aromatic nitrogens is 2. The number of aromatic hydroxyl groups is 1. The number of fused-ring (bicyclic) bond motifs is 1. The molecule has 0 spiro atoms. The van der Waals surface area contributed by atoms with Crippen molar-refractivity contribution >= 4 is 11.9 Å². The van der Waals surface area contributed by atoms with Crippen molar-refractivity contribution in [2.75, 3.05) is 13.7 Å². The summed E-state index contributed by atoms with van der Waals surface area (Å²) < 4.78 is 12.2. The summed E-state index contributed by atoms with van der Waals surface area (Å²) in [4.78, 5) is 12.2. The van der Waals surface area contributed by atoms with Gasteiger partial charge in [-0.15, -0.1) is 0 Å². The molecule has 1 aromatic carbocycles. The summed E-state index contributed by atoms with van der Waals surface area (Å²) in [7, 11) is 1.63. The molecule has 2 aromatic rings. The molecular weight excluding hydrogens is 272 g/mol. The molecule has 0 fully saturated rings. The lowest BCUT2D eigenvalue weighted by Crippen LogP contribution is -2.03. The van der Waals surface area contributed by atoms with Gasteiger partial charge in [0.05, 0.1) is 24.9 Å². The van der Waals surface area contributed by atoms with Gasteiger partial charge < -0.3 is 14.6 Å². The average molecular weight is 286 g/mol. The SMILES string of the molecule is COCCn1cc(/C=C2\Oc3cc(O)ccc3C2=O)cn1. The van der Waals surface area contributed by atoms with E-state index in [-0.39, 0.29) is 17.3 Å². The van der Waals surface area contributed by atoms with E-state index in [1.807, 2.05) is 6.20 Å². The van der Waals surface area contributed by atoms with E-state index >= 15 is 0 Å². The van der Waals surface area contributed by atoms with Gasteiger partial charge in [0, 0.05) is 24.9 Å². The van der Waals surface area contributed by atoms with Gasteiger partial charge in [-0.25, -0.2) is 0 Å². The number of carbonyl (C=O) groups excluding carboxylic acids is 1. The Kier molecular flexibility index (Phi) is 3.45. The maximum absolute atomic E-state index is 12.2. The van der Waals surface area contributed by atoms with Gasteiger partial charge in [0.2, 0.25) is 5.78 Å². The van der Waals surface area contributed by atoms with Crippen LogP contribution in [0.25, 0.3) is 6.08 Å². The van der Waals surface area contributed by atoms with Gasteiger partial charge in [-0.1, -0.05) is 0 Å². The predicted molar refractivity (Wildman–Crippen MR) is 75.1 cm³/mol. The molecule has 2 heterocycles. The number of hydrogen-bond acceptors (Lipinski definition) is 5. The molecule has 0 unspecified atom stereocenters. The number of rotatable bonds is 4. The molecule has 1 aliphatic rings. The number of benzene rings is 1. The normalized spacial score (nSPS) is 15.3. The average Bonchev–Trinajstić information content (AvgIpc) is 3.02. The molecule has 21 heavy (non-hydrogen) atoms. The molecule has 0 atom stereocenters. The van der Waals surface area contributed by atoms with Crippen molar-refractivity contribution in [2.24, 2.45) is 0 Å². The maximum atomic E-state index is 12.2. The lowest BCUT2D eigenvalue weighted by molar-refractivity contribution is 0.101. The number of hydrogen-bond donors (Lipinski definition) is 1. The van der Waals surface area contributed by atoms with Crippen LogP contribution in [0.2, 0.25) is 0 Å². The van der Waals surface area contributed by atoms with Gasteiger partial charge >= 0.3 is 0 Å². The third-order valence-corrected chi connectivity index (χ3v) is 3.13. The number of carbonyl (C=O) groups is 1. The van der Waals surface area contributed by atoms with Crippen LogP contribution < -0.4 is 4.74 Å². The second kappa shape index (κ2) is 5.41. The van der Waals surface area contributed by atoms with E-state index in [2.05, 4.69) is 5.10 Å². The molecule has 0 radical (unpaired) electrons. The molecule has 1 aliphatic heterocycles. The fourth-order valence-corrected chi connectivity index (χ4v) is 2.09. The van der Waals surface area contributed by atoms with Gasteiger partial charge in [0.15, 0.2) is 5.76 Å². The summed E-state index contributed by atoms with van der Waals surface area (Å²) in [5.41, 5.74) is 1.22. The fourth-order valence-electron chi connectivity index (χ4n) is 2.09. The van der Waals surface area contributed by atoms with Crippen molar-refractivity contribution in [2.45, 2.75) is 6.54 Å². The van der Waals surface area contributed by atoms with Crippen molar-refractivity contribution in [1.29, 1.82) is 0 Å². The highest BCUT2D eigenvalue weighted by atomic mass is 16.5. The first kappa shape index (κ1) is 13.4. The first-order valence-corrected chi connectivity index (χ1v) is 6.46. The molecule has 0 aliphatic carbocycles. The van der Waals surface area contributed by atoms with E-state index in [1.165, 1.54) is 12.1 Å². The maximum Gasteiger partial charge on any atom is 0.231 e. The quantitative estimate of drug-likeness (QED) is 0.868. The molecule has 6 heteroatoms. The van der Waals surface area contributed by atoms with Crippen molar-refractivity contribution < 1.29 is 19.4 Å². The van der Waals surface area contributed by atoms with Crippen molar-refractivity contribution in [3.05, 3.63) is 47.5 Å². The standard InChI is InChI=1S/C15H14N2O4/c1-20-5-4-17-9-10(8-16-17)6-14-15(19)12-3-2-11(18)7-13(12)21-14/h2-3,6-9,18H,4-5H2,1H3/b14-6-. The summed E-state index contributed by atoms with van der Waals surface area (Å²) in [5.74, 6) is 0.463. The van der Waals surface area contributed by atoms with Gasteiger partial charge in [0.1, 0.15) is 11.5 Å². The molecule has 108 valence electrons. The summed E-state index contributed by atoms with van der Waals surface area (Å²) >= 11 is 0. The number of phenols is 1. The van der Waals surface area contributed by atoms with Gasteiger partial charge in [0.25, 0.3) is 0 Å². The first-order chi connectivity index (χ1) is 10.2. The Hall–Kier alpha value is -2.60. The number of phenolic OH excluding ortho intramolecular Hbond substituents is 1. The Balaban J connectivity index is 1.82. The summed E-state index contributed by atoms with van der Waals surface area (Å²) in [5, 5.41) is 13.6. The minimum Gasteiger partial charge on any atom is -0.508 e. The third kappa shape index (κ3) is 2.66. The number of ketones is 1. The zero-order chi connectivity index (χ0) is 14.8. The summed E-state index contributed by atoms with van der Waals surface area (Å²) in [6.07, 6.45) is 5.10. The van der Waals surface area contributed by atoms with Crippen LogP contribution in [-0.4, -0.2) is 34.4 Å². The van der Waals surface area contributed by atoms with Crippen LogP contribution >= 0.6 is 0 Å². The number of methoxy groups -OCH3 is 1. The molecule has 0 saturated heterocycles. The van der Waals surface area contributed by atoms with E-state index in [4.69, 9.17) is 9.47 Å². The molecule has 0 saturated carbocycles. The topological polar surface area (TPSA) is 73.6 Å². The highest BCUT2D eigenvalue weighted by molar-refractivity contribution is 6.14. The zero-order valence-electron chi connectivity index (χ0n) is 11.4. The van der Waals surface area contributed by atoms with Crippen molar-refractivity contribution in [1.82, 2.24) is 9.78 Å². The number of nitrogens with zero attached hydrogens (tertiary/aromatic N) is 2. The van der Waals surface area contributed by atoms with Gasteiger partial charge in [-0.2, -0.15) is 5.10 Å². The van der Waals surface area contributed by atoms with E-state index in [0.717, 1.165) is 5.56 Å². The summed E-state index contributed by atoms with van der Waals surface area (Å²) in [6.45, 7) is 1.21. The monoisotopic (exact) mass is 286 g/mol. The van der Waals surface area contributed by atoms with Gasteiger partial charge in [-0.3, -0.25) is 9.48 Å².